The molecule has 0 saturated heterocycles. The number of rotatable bonds is 5. The Morgan fingerprint density at radius 2 is 2.04 bits per heavy atom. The van der Waals surface area contributed by atoms with Crippen molar-refractivity contribution in [2.75, 3.05) is 24.0 Å². The van der Waals surface area contributed by atoms with Crippen molar-refractivity contribution in [1.29, 1.82) is 0 Å². The second kappa shape index (κ2) is 7.95. The molecule has 2 aromatic rings. The van der Waals surface area contributed by atoms with Gasteiger partial charge in [-0.05, 0) is 51.1 Å². The van der Waals surface area contributed by atoms with Crippen LogP contribution in [0.1, 0.15) is 25.7 Å². The van der Waals surface area contributed by atoms with Crippen LogP contribution in [0, 0.1) is 0 Å². The van der Waals surface area contributed by atoms with Gasteiger partial charge in [0.25, 0.3) is 0 Å². The van der Waals surface area contributed by atoms with E-state index in [0.29, 0.717) is 16.8 Å². The second-order valence-corrected chi connectivity index (χ2v) is 10.7. The first-order chi connectivity index (χ1) is 12.3. The minimum atomic E-state index is -2.43. The van der Waals surface area contributed by atoms with E-state index in [-0.39, 0.29) is 12.1 Å². The van der Waals surface area contributed by atoms with Gasteiger partial charge in [0.05, 0.1) is 11.9 Å². The van der Waals surface area contributed by atoms with Gasteiger partial charge in [-0.3, -0.25) is 0 Å². The first-order valence-electron chi connectivity index (χ1n) is 8.79. The van der Waals surface area contributed by atoms with Crippen molar-refractivity contribution in [2.24, 2.45) is 5.73 Å². The van der Waals surface area contributed by atoms with Crippen molar-refractivity contribution in [3.05, 3.63) is 35.5 Å². The summed E-state index contributed by atoms with van der Waals surface area (Å²) >= 11 is 6.27. The van der Waals surface area contributed by atoms with Crippen LogP contribution in [0.15, 0.2) is 30.5 Å². The summed E-state index contributed by atoms with van der Waals surface area (Å²) in [4.78, 5) is 8.80. The molecule has 1 aromatic carbocycles. The number of hydrogen-bond donors (Lipinski definition) is 3. The molecule has 1 heterocycles. The quantitative estimate of drug-likeness (QED) is 0.669. The van der Waals surface area contributed by atoms with Gasteiger partial charge in [-0.2, -0.15) is 4.98 Å². The monoisotopic (exact) mass is 393 g/mol. The Morgan fingerprint density at radius 3 is 2.77 bits per heavy atom. The zero-order valence-corrected chi connectivity index (χ0v) is 16.7. The summed E-state index contributed by atoms with van der Waals surface area (Å²) in [6, 6.07) is 8.00. The van der Waals surface area contributed by atoms with E-state index in [2.05, 4.69) is 20.6 Å². The molecule has 1 fully saturated rings. The van der Waals surface area contributed by atoms with Gasteiger partial charge in [-0.25, -0.2) is 4.98 Å². The van der Waals surface area contributed by atoms with Crippen molar-refractivity contribution in [3.8, 4) is 0 Å². The molecule has 6 nitrogen and oxygen atoms in total. The molecule has 0 radical (unpaired) electrons. The predicted molar refractivity (Wildman–Crippen MR) is 110 cm³/mol. The van der Waals surface area contributed by atoms with Crippen molar-refractivity contribution in [2.45, 2.75) is 37.8 Å². The van der Waals surface area contributed by atoms with Crippen LogP contribution in [0.3, 0.4) is 0 Å². The Morgan fingerprint density at radius 1 is 1.27 bits per heavy atom. The summed E-state index contributed by atoms with van der Waals surface area (Å²) in [6.45, 7) is 3.49. The Balaban J connectivity index is 1.82. The normalized spacial score (nSPS) is 20.6. The number of nitrogens with two attached hydrogens (primary N) is 1. The lowest BCUT2D eigenvalue weighted by molar-refractivity contribution is 0.408. The highest BCUT2D eigenvalue weighted by atomic mass is 35.5. The van der Waals surface area contributed by atoms with E-state index in [4.69, 9.17) is 17.3 Å². The lowest BCUT2D eigenvalue weighted by Crippen LogP contribution is -2.35. The van der Waals surface area contributed by atoms with Gasteiger partial charge >= 0.3 is 0 Å². The summed E-state index contributed by atoms with van der Waals surface area (Å²) in [7, 11) is -2.43. The van der Waals surface area contributed by atoms with Crippen molar-refractivity contribution >= 4 is 41.5 Å². The maximum absolute atomic E-state index is 12.5. The van der Waals surface area contributed by atoms with Gasteiger partial charge in [-0.15, -0.1) is 0 Å². The highest BCUT2D eigenvalue weighted by Crippen LogP contribution is 2.38. The van der Waals surface area contributed by atoms with E-state index in [1.807, 2.05) is 24.3 Å². The lowest BCUT2D eigenvalue weighted by Gasteiger charge is -2.27. The maximum atomic E-state index is 12.5. The van der Waals surface area contributed by atoms with Crippen LogP contribution >= 0.6 is 18.7 Å². The van der Waals surface area contributed by atoms with Crippen LogP contribution in [0.2, 0.25) is 5.02 Å². The Hall–Kier alpha value is -1.62. The molecule has 2 atom stereocenters. The average molecular weight is 394 g/mol. The first kappa shape index (κ1) is 19.2. The van der Waals surface area contributed by atoms with Gasteiger partial charge in [0, 0.05) is 17.4 Å². The Bertz CT molecular complexity index is 825. The molecule has 1 saturated carbocycles. The smallest absolute Gasteiger partial charge is 0.224 e. The molecule has 2 unspecified atom stereocenters. The highest BCUT2D eigenvalue weighted by Gasteiger charge is 2.21. The van der Waals surface area contributed by atoms with Gasteiger partial charge in [-0.1, -0.05) is 23.7 Å². The number of anilines is 3. The topological polar surface area (TPSA) is 92.9 Å². The fraction of sp³-hybridized carbons (Fsp3) is 0.444. The van der Waals surface area contributed by atoms with E-state index >= 15 is 0 Å². The molecule has 3 rings (SSSR count). The molecule has 8 heteroatoms. The van der Waals surface area contributed by atoms with Crippen LogP contribution < -0.4 is 21.7 Å². The third-order valence-electron chi connectivity index (χ3n) is 4.53. The number of benzene rings is 1. The van der Waals surface area contributed by atoms with Crippen LogP contribution in [0.4, 0.5) is 17.5 Å². The number of hydrogen-bond acceptors (Lipinski definition) is 6. The number of halogens is 1. The van der Waals surface area contributed by atoms with Crippen LogP contribution in [-0.4, -0.2) is 35.4 Å². The first-order valence-corrected chi connectivity index (χ1v) is 11.8. The van der Waals surface area contributed by atoms with E-state index in [1.165, 1.54) is 0 Å². The van der Waals surface area contributed by atoms with Gasteiger partial charge in [0.2, 0.25) is 5.95 Å². The van der Waals surface area contributed by atoms with Crippen molar-refractivity contribution in [3.63, 3.8) is 0 Å². The molecule has 140 valence electrons. The number of aromatic nitrogens is 2. The largest absolute Gasteiger partial charge is 0.351 e. The van der Waals surface area contributed by atoms with Crippen molar-refractivity contribution in [1.82, 2.24) is 9.97 Å². The molecule has 1 aliphatic carbocycles. The molecule has 1 aromatic heterocycles. The van der Waals surface area contributed by atoms with E-state index < -0.39 is 7.14 Å². The fourth-order valence-corrected chi connectivity index (χ4v) is 4.54. The molecule has 26 heavy (non-hydrogen) atoms. The molecule has 4 N–H and O–H groups in total. The molecular formula is C18H25ClN5OP. The maximum Gasteiger partial charge on any atom is 0.224 e. The molecule has 0 aliphatic heterocycles. The third-order valence-corrected chi connectivity index (χ3v) is 6.36. The Kier molecular flexibility index (Phi) is 5.86. The molecule has 0 bridgehead atoms. The van der Waals surface area contributed by atoms with Crippen LogP contribution in [0.5, 0.6) is 0 Å². The third kappa shape index (κ3) is 4.76. The van der Waals surface area contributed by atoms with Crippen molar-refractivity contribution < 1.29 is 4.57 Å². The van der Waals surface area contributed by atoms with E-state index in [9.17, 15) is 4.57 Å². The Labute approximate surface area is 159 Å². The zero-order valence-electron chi connectivity index (χ0n) is 15.1. The zero-order chi connectivity index (χ0) is 18.7. The van der Waals surface area contributed by atoms with Crippen LogP contribution in [-0.2, 0) is 4.57 Å². The summed E-state index contributed by atoms with van der Waals surface area (Å²) in [5, 5.41) is 7.74. The van der Waals surface area contributed by atoms with Gasteiger partial charge in [0.1, 0.15) is 12.2 Å². The minimum Gasteiger partial charge on any atom is -0.351 e. The van der Waals surface area contributed by atoms with Gasteiger partial charge < -0.3 is 20.9 Å². The SMILES string of the molecule is CP(C)(=O)c1ccccc1Nc1nc(NC2CCCC(N)C2)ncc1Cl. The van der Waals surface area contributed by atoms with Gasteiger partial charge in [0.15, 0.2) is 5.82 Å². The second-order valence-electron chi connectivity index (χ2n) is 7.15. The number of nitrogens with zero attached hydrogens (tertiary/aromatic N) is 2. The average Bonchev–Trinajstić information content (AvgIpc) is 2.57. The standard InChI is InChI=1S/C18H25ClN5OP/c1-26(2,25)16-9-4-3-8-15(16)23-17-14(19)11-21-18(24-17)22-13-7-5-6-12(20)10-13/h3-4,8-9,11-13H,5-7,10,20H2,1-2H3,(H2,21,22,23,24). The van der Waals surface area contributed by atoms with E-state index in [1.54, 1.807) is 19.5 Å². The minimum absolute atomic E-state index is 0.223. The fourth-order valence-electron chi connectivity index (χ4n) is 3.24. The highest BCUT2D eigenvalue weighted by molar-refractivity contribution is 7.70. The predicted octanol–water partition coefficient (Wildman–Crippen LogP) is 3.80. The van der Waals surface area contributed by atoms with Crippen LogP contribution in [0.25, 0.3) is 0 Å². The molecule has 1 aliphatic rings. The lowest BCUT2D eigenvalue weighted by atomic mass is 9.92. The summed E-state index contributed by atoms with van der Waals surface area (Å²) < 4.78 is 12.5. The summed E-state index contributed by atoms with van der Waals surface area (Å²) in [6.07, 6.45) is 5.71. The molecule has 0 amide bonds. The molecule has 0 spiro atoms. The molecular weight excluding hydrogens is 369 g/mol. The number of para-hydroxylation sites is 1. The van der Waals surface area contributed by atoms with E-state index in [0.717, 1.165) is 36.7 Å². The number of nitrogens with one attached hydrogen (secondary N) is 2. The summed E-state index contributed by atoms with van der Waals surface area (Å²) in [5.74, 6) is 1.01. The summed E-state index contributed by atoms with van der Waals surface area (Å²) in [5.41, 5.74) is 6.79.